The van der Waals surface area contributed by atoms with Gasteiger partial charge >= 0.3 is 0 Å². The smallest absolute Gasteiger partial charge is 0.224 e. The van der Waals surface area contributed by atoms with Gasteiger partial charge < -0.3 is 20.1 Å². The average molecular weight is 333 g/mol. The molecule has 1 aliphatic carbocycles. The molecule has 0 aromatic carbocycles. The molecule has 2 heterocycles. The normalized spacial score (nSPS) is 33.4. The second-order valence-electron chi connectivity index (χ2n) is 6.81. The number of halogens is 1. The highest BCUT2D eigenvalue weighted by Crippen LogP contribution is 2.50. The van der Waals surface area contributed by atoms with E-state index in [1.807, 2.05) is 11.8 Å². The highest BCUT2D eigenvalue weighted by atomic mass is 35.5. The predicted molar refractivity (Wildman–Crippen MR) is 87.2 cm³/mol. The first-order chi connectivity index (χ1) is 10.2. The number of nitrogens with zero attached hydrogens (tertiary/aromatic N) is 1. The molecule has 1 spiro atoms. The van der Waals surface area contributed by atoms with Crippen molar-refractivity contribution in [1.82, 2.24) is 10.2 Å². The van der Waals surface area contributed by atoms with Gasteiger partial charge in [0, 0.05) is 44.0 Å². The van der Waals surface area contributed by atoms with Crippen molar-refractivity contribution in [3.8, 4) is 0 Å². The Morgan fingerprint density at radius 3 is 2.68 bits per heavy atom. The Morgan fingerprint density at radius 1 is 1.41 bits per heavy atom. The SMILES string of the molecule is CCOC1CC(O)C12CCN(C(=O)CC1CCCN1)CC2.Cl. The van der Waals surface area contributed by atoms with E-state index in [0.717, 1.165) is 45.3 Å². The van der Waals surface area contributed by atoms with Gasteiger partial charge in [-0.1, -0.05) is 0 Å². The molecular weight excluding hydrogens is 304 g/mol. The van der Waals surface area contributed by atoms with Crippen molar-refractivity contribution in [3.63, 3.8) is 0 Å². The molecular formula is C16H29ClN2O3. The number of hydrogen-bond acceptors (Lipinski definition) is 4. The Morgan fingerprint density at radius 2 is 2.14 bits per heavy atom. The molecule has 0 bridgehead atoms. The molecule has 0 aromatic heterocycles. The maximum absolute atomic E-state index is 12.4. The molecule has 1 saturated carbocycles. The zero-order valence-corrected chi connectivity index (χ0v) is 14.2. The van der Waals surface area contributed by atoms with E-state index in [1.54, 1.807) is 0 Å². The minimum absolute atomic E-state index is 0. The van der Waals surface area contributed by atoms with Crippen LogP contribution in [0.3, 0.4) is 0 Å². The maximum atomic E-state index is 12.4. The first-order valence-electron chi connectivity index (χ1n) is 8.46. The summed E-state index contributed by atoms with van der Waals surface area (Å²) in [5, 5.41) is 13.6. The summed E-state index contributed by atoms with van der Waals surface area (Å²) in [5.74, 6) is 0.269. The van der Waals surface area contributed by atoms with Crippen LogP contribution >= 0.6 is 12.4 Å². The quantitative estimate of drug-likeness (QED) is 0.815. The summed E-state index contributed by atoms with van der Waals surface area (Å²) in [6.45, 7) is 5.29. The van der Waals surface area contributed by atoms with Gasteiger partial charge in [-0.2, -0.15) is 0 Å². The van der Waals surface area contributed by atoms with Crippen LogP contribution in [0.15, 0.2) is 0 Å². The van der Waals surface area contributed by atoms with Gasteiger partial charge in [-0.05, 0) is 39.2 Å². The Hall–Kier alpha value is -0.360. The lowest BCUT2D eigenvalue weighted by Crippen LogP contribution is -2.62. The summed E-state index contributed by atoms with van der Waals surface area (Å²) in [6.07, 6.45) is 5.38. The second kappa shape index (κ2) is 7.47. The first-order valence-corrected chi connectivity index (χ1v) is 8.46. The van der Waals surface area contributed by atoms with Gasteiger partial charge in [0.05, 0.1) is 12.2 Å². The van der Waals surface area contributed by atoms with Gasteiger partial charge in [0.15, 0.2) is 0 Å². The van der Waals surface area contributed by atoms with Crippen LogP contribution in [0.25, 0.3) is 0 Å². The van der Waals surface area contributed by atoms with Crippen LogP contribution in [0.4, 0.5) is 0 Å². The third kappa shape index (κ3) is 3.28. The lowest BCUT2D eigenvalue weighted by atomic mass is 9.58. The van der Waals surface area contributed by atoms with E-state index in [4.69, 9.17) is 4.74 Å². The van der Waals surface area contributed by atoms with Crippen LogP contribution in [-0.2, 0) is 9.53 Å². The van der Waals surface area contributed by atoms with Crippen molar-refractivity contribution in [2.45, 2.75) is 63.7 Å². The Labute approximate surface area is 139 Å². The summed E-state index contributed by atoms with van der Waals surface area (Å²) in [6, 6.07) is 0.374. The molecule has 22 heavy (non-hydrogen) atoms. The van der Waals surface area contributed by atoms with Crippen LogP contribution in [0.5, 0.6) is 0 Å². The molecule has 5 nitrogen and oxygen atoms in total. The lowest BCUT2D eigenvalue weighted by molar-refractivity contribution is -0.210. The Balaban J connectivity index is 0.00000176. The van der Waals surface area contributed by atoms with Gasteiger partial charge in [0.2, 0.25) is 5.91 Å². The molecule has 6 heteroatoms. The van der Waals surface area contributed by atoms with E-state index >= 15 is 0 Å². The van der Waals surface area contributed by atoms with Crippen LogP contribution < -0.4 is 5.32 Å². The topological polar surface area (TPSA) is 61.8 Å². The fraction of sp³-hybridized carbons (Fsp3) is 0.938. The van der Waals surface area contributed by atoms with Crippen molar-refractivity contribution in [3.05, 3.63) is 0 Å². The number of aliphatic hydroxyl groups is 1. The fourth-order valence-electron chi connectivity index (χ4n) is 4.26. The van der Waals surface area contributed by atoms with Crippen molar-refractivity contribution >= 4 is 18.3 Å². The van der Waals surface area contributed by atoms with E-state index in [2.05, 4.69) is 5.32 Å². The molecule has 3 fully saturated rings. The summed E-state index contributed by atoms with van der Waals surface area (Å²) in [7, 11) is 0. The molecule has 2 N–H and O–H groups in total. The van der Waals surface area contributed by atoms with Crippen LogP contribution in [0, 0.1) is 5.41 Å². The molecule has 128 valence electrons. The summed E-state index contributed by atoms with van der Waals surface area (Å²) in [4.78, 5) is 14.3. The minimum Gasteiger partial charge on any atom is -0.392 e. The van der Waals surface area contributed by atoms with Crippen molar-refractivity contribution in [2.75, 3.05) is 26.2 Å². The number of rotatable bonds is 4. The largest absolute Gasteiger partial charge is 0.392 e. The number of carbonyl (C=O) groups is 1. The third-order valence-electron chi connectivity index (χ3n) is 5.74. The van der Waals surface area contributed by atoms with Gasteiger partial charge in [0.1, 0.15) is 0 Å². The number of amides is 1. The molecule has 3 atom stereocenters. The number of aliphatic hydroxyl groups excluding tert-OH is 1. The number of carbonyl (C=O) groups excluding carboxylic acids is 1. The molecule has 1 amide bonds. The zero-order valence-electron chi connectivity index (χ0n) is 13.4. The van der Waals surface area contributed by atoms with E-state index in [-0.39, 0.29) is 35.9 Å². The standard InChI is InChI=1S/C16H28N2O3.ClH/c1-2-21-14-11-13(19)16(14)5-8-18(9-6-16)15(20)10-12-4-3-7-17-12;/h12-14,17,19H,2-11H2,1H3;1H. The number of piperidine rings is 1. The number of likely N-dealkylation sites (tertiary alicyclic amines) is 1. The lowest BCUT2D eigenvalue weighted by Gasteiger charge is -2.56. The van der Waals surface area contributed by atoms with Gasteiger partial charge in [-0.15, -0.1) is 12.4 Å². The second-order valence-corrected chi connectivity index (χ2v) is 6.81. The Bertz CT molecular complexity index is 378. The highest BCUT2D eigenvalue weighted by molar-refractivity contribution is 5.85. The van der Waals surface area contributed by atoms with Crippen molar-refractivity contribution < 1.29 is 14.6 Å². The molecule has 0 aromatic rings. The average Bonchev–Trinajstić information content (AvgIpc) is 3.00. The Kier molecular flexibility index (Phi) is 6.11. The number of hydrogen-bond donors (Lipinski definition) is 2. The zero-order chi connectivity index (χ0) is 14.9. The number of ether oxygens (including phenoxy) is 1. The molecule has 3 aliphatic rings. The molecule has 3 unspecified atom stereocenters. The molecule has 2 aliphatic heterocycles. The monoisotopic (exact) mass is 332 g/mol. The van der Waals surface area contributed by atoms with E-state index in [9.17, 15) is 9.90 Å². The van der Waals surface area contributed by atoms with E-state index in [0.29, 0.717) is 19.1 Å². The van der Waals surface area contributed by atoms with Gasteiger partial charge in [0.25, 0.3) is 0 Å². The van der Waals surface area contributed by atoms with Gasteiger partial charge in [-0.25, -0.2) is 0 Å². The van der Waals surface area contributed by atoms with Crippen LogP contribution in [0.2, 0.25) is 0 Å². The minimum atomic E-state index is -0.247. The van der Waals surface area contributed by atoms with Crippen molar-refractivity contribution in [1.29, 1.82) is 0 Å². The predicted octanol–water partition coefficient (Wildman–Crippen LogP) is 1.33. The fourth-order valence-corrected chi connectivity index (χ4v) is 4.26. The first kappa shape index (κ1) is 18.0. The summed E-state index contributed by atoms with van der Waals surface area (Å²) >= 11 is 0. The van der Waals surface area contributed by atoms with Crippen LogP contribution in [0.1, 0.15) is 45.4 Å². The van der Waals surface area contributed by atoms with Crippen LogP contribution in [-0.4, -0.2) is 60.4 Å². The molecule has 0 radical (unpaired) electrons. The van der Waals surface area contributed by atoms with E-state index in [1.165, 1.54) is 6.42 Å². The molecule has 2 saturated heterocycles. The number of nitrogens with one attached hydrogen (secondary N) is 1. The summed E-state index contributed by atoms with van der Waals surface area (Å²) < 4.78 is 5.77. The van der Waals surface area contributed by atoms with E-state index < -0.39 is 0 Å². The summed E-state index contributed by atoms with van der Waals surface area (Å²) in [5.41, 5.74) is -0.0849. The van der Waals surface area contributed by atoms with Crippen molar-refractivity contribution in [2.24, 2.45) is 5.41 Å². The third-order valence-corrected chi connectivity index (χ3v) is 5.74. The maximum Gasteiger partial charge on any atom is 0.224 e. The van der Waals surface area contributed by atoms with Gasteiger partial charge in [-0.3, -0.25) is 4.79 Å². The highest BCUT2D eigenvalue weighted by Gasteiger charge is 2.56. The molecule has 3 rings (SSSR count).